The zero-order valence-corrected chi connectivity index (χ0v) is 21.2. The molecule has 0 aliphatic carbocycles. The van der Waals surface area contributed by atoms with Gasteiger partial charge in [-0.25, -0.2) is 0 Å². The van der Waals surface area contributed by atoms with Crippen molar-refractivity contribution >= 4 is 22.7 Å². The number of nitrogens with zero attached hydrogens (tertiary/aromatic N) is 4. The van der Waals surface area contributed by atoms with E-state index in [-0.39, 0.29) is 12.4 Å². The molecule has 1 saturated heterocycles. The van der Waals surface area contributed by atoms with E-state index in [0.717, 1.165) is 79.3 Å². The molecule has 7 heteroatoms. The number of halogens is 1. The van der Waals surface area contributed by atoms with E-state index in [2.05, 4.69) is 74.0 Å². The molecule has 0 spiro atoms. The van der Waals surface area contributed by atoms with Gasteiger partial charge in [-0.3, -0.25) is 4.90 Å². The molecular weight excluding hydrogens is 420 g/mol. The minimum Gasteiger partial charge on any atom is -1.00 e. The Balaban J connectivity index is 0.00000363. The lowest BCUT2D eigenvalue weighted by Gasteiger charge is -2.30. The predicted molar refractivity (Wildman–Crippen MR) is 135 cm³/mol. The Kier molecular flexibility index (Phi) is 9.08. The molecule has 0 radical (unpaired) electrons. The third-order valence-corrected chi connectivity index (χ3v) is 6.34. The molecule has 0 aromatic heterocycles. The quantitative estimate of drug-likeness (QED) is 0.478. The van der Waals surface area contributed by atoms with Crippen LogP contribution in [-0.2, 0) is 0 Å². The standard InChI is InChI=1S/C25H41N6.ClH/c1-20-18-22(6-8-24(20)26)29-12-10-28(16-17-31(3,4)5)11-13-30(15-14-29)23-7-9-25(27)21(2)19-23;/h6-9,18-19H,10-17,26-27H2,1-5H3;1H/q+1;/p-1. The van der Waals surface area contributed by atoms with Crippen LogP contribution in [-0.4, -0.2) is 82.9 Å². The fourth-order valence-electron chi connectivity index (χ4n) is 4.00. The van der Waals surface area contributed by atoms with Gasteiger partial charge < -0.3 is 38.2 Å². The lowest BCUT2D eigenvalue weighted by Crippen LogP contribution is -3.00. The molecule has 1 fully saturated rings. The minimum atomic E-state index is 0. The van der Waals surface area contributed by atoms with Gasteiger partial charge in [0.2, 0.25) is 0 Å². The topological polar surface area (TPSA) is 61.8 Å². The van der Waals surface area contributed by atoms with Gasteiger partial charge in [0.05, 0.1) is 27.7 Å². The second-order valence-corrected chi connectivity index (χ2v) is 9.91. The van der Waals surface area contributed by atoms with Crippen LogP contribution in [0.3, 0.4) is 0 Å². The first-order chi connectivity index (χ1) is 14.6. The molecule has 3 rings (SSSR count). The third-order valence-electron chi connectivity index (χ3n) is 6.34. The van der Waals surface area contributed by atoms with Gasteiger partial charge in [0.15, 0.2) is 0 Å². The Morgan fingerprint density at radius 2 is 1.12 bits per heavy atom. The zero-order chi connectivity index (χ0) is 22.6. The van der Waals surface area contributed by atoms with Crippen LogP contribution in [0.25, 0.3) is 0 Å². The lowest BCUT2D eigenvalue weighted by atomic mass is 10.1. The van der Waals surface area contributed by atoms with Crippen molar-refractivity contribution < 1.29 is 16.9 Å². The number of likely N-dealkylation sites (N-methyl/N-ethyl adjacent to an activating group) is 1. The number of quaternary nitrogens is 1. The summed E-state index contributed by atoms with van der Waals surface area (Å²) < 4.78 is 0.984. The van der Waals surface area contributed by atoms with Crippen molar-refractivity contribution in [1.29, 1.82) is 0 Å². The molecule has 32 heavy (non-hydrogen) atoms. The Morgan fingerprint density at radius 3 is 1.50 bits per heavy atom. The molecule has 0 saturated carbocycles. The summed E-state index contributed by atoms with van der Waals surface area (Å²) in [6, 6.07) is 12.8. The van der Waals surface area contributed by atoms with Crippen molar-refractivity contribution in [2.75, 3.05) is 94.8 Å². The molecule has 1 aliphatic rings. The summed E-state index contributed by atoms with van der Waals surface area (Å²) in [7, 11) is 6.80. The van der Waals surface area contributed by atoms with Crippen LogP contribution in [0.4, 0.5) is 22.7 Å². The van der Waals surface area contributed by atoms with E-state index >= 15 is 0 Å². The molecule has 1 heterocycles. The van der Waals surface area contributed by atoms with Crippen molar-refractivity contribution in [3.05, 3.63) is 47.5 Å². The van der Waals surface area contributed by atoms with Gasteiger partial charge in [-0.05, 0) is 61.4 Å². The lowest BCUT2D eigenvalue weighted by molar-refractivity contribution is -0.869. The largest absolute Gasteiger partial charge is 1.00 e. The second kappa shape index (κ2) is 11.1. The molecule has 0 atom stereocenters. The predicted octanol–water partition coefficient (Wildman–Crippen LogP) is -0.193. The van der Waals surface area contributed by atoms with Gasteiger partial charge in [-0.15, -0.1) is 0 Å². The van der Waals surface area contributed by atoms with E-state index in [4.69, 9.17) is 11.5 Å². The molecule has 178 valence electrons. The first kappa shape index (κ1) is 26.1. The highest BCUT2D eigenvalue weighted by Gasteiger charge is 2.19. The average Bonchev–Trinajstić information content (AvgIpc) is 2.81. The highest BCUT2D eigenvalue weighted by molar-refractivity contribution is 5.60. The Bertz CT molecular complexity index is 816. The van der Waals surface area contributed by atoms with Crippen molar-refractivity contribution in [2.24, 2.45) is 0 Å². The van der Waals surface area contributed by atoms with Crippen LogP contribution in [0.1, 0.15) is 11.1 Å². The first-order valence-corrected chi connectivity index (χ1v) is 11.4. The van der Waals surface area contributed by atoms with E-state index in [0.29, 0.717) is 0 Å². The normalized spacial score (nSPS) is 16.2. The highest BCUT2D eigenvalue weighted by Crippen LogP contribution is 2.24. The number of benzene rings is 2. The fourth-order valence-corrected chi connectivity index (χ4v) is 4.00. The van der Waals surface area contributed by atoms with Gasteiger partial charge >= 0.3 is 0 Å². The smallest absolute Gasteiger partial charge is 0.0909 e. The molecule has 2 aromatic carbocycles. The number of nitrogens with two attached hydrogens (primary N) is 2. The van der Waals surface area contributed by atoms with Crippen LogP contribution in [0, 0.1) is 13.8 Å². The maximum Gasteiger partial charge on any atom is 0.0909 e. The molecular formula is C25H41ClN6. The monoisotopic (exact) mass is 460 g/mol. The summed E-state index contributed by atoms with van der Waals surface area (Å²) >= 11 is 0. The Morgan fingerprint density at radius 1 is 0.719 bits per heavy atom. The Labute approximate surface area is 200 Å². The van der Waals surface area contributed by atoms with E-state index in [1.165, 1.54) is 11.4 Å². The number of nitrogen functional groups attached to an aromatic ring is 2. The van der Waals surface area contributed by atoms with Crippen LogP contribution in [0.5, 0.6) is 0 Å². The van der Waals surface area contributed by atoms with Crippen LogP contribution >= 0.6 is 0 Å². The van der Waals surface area contributed by atoms with Gasteiger partial charge in [0, 0.05) is 68.6 Å². The van der Waals surface area contributed by atoms with Gasteiger partial charge in [0.1, 0.15) is 0 Å². The summed E-state index contributed by atoms with van der Waals surface area (Å²) in [5, 5.41) is 0. The van der Waals surface area contributed by atoms with Crippen LogP contribution in [0.2, 0.25) is 0 Å². The molecule has 0 amide bonds. The summed E-state index contributed by atoms with van der Waals surface area (Å²) in [5.74, 6) is 0. The minimum absolute atomic E-state index is 0. The molecule has 0 unspecified atom stereocenters. The first-order valence-electron chi connectivity index (χ1n) is 11.4. The van der Waals surface area contributed by atoms with E-state index in [1.54, 1.807) is 0 Å². The van der Waals surface area contributed by atoms with Crippen molar-refractivity contribution in [2.45, 2.75) is 13.8 Å². The summed E-state index contributed by atoms with van der Waals surface area (Å²) in [4.78, 5) is 7.63. The maximum absolute atomic E-state index is 6.08. The number of aryl methyl sites for hydroxylation is 2. The third kappa shape index (κ3) is 7.19. The van der Waals surface area contributed by atoms with E-state index in [9.17, 15) is 0 Å². The van der Waals surface area contributed by atoms with Crippen LogP contribution in [0.15, 0.2) is 36.4 Å². The van der Waals surface area contributed by atoms with Crippen molar-refractivity contribution in [1.82, 2.24) is 4.90 Å². The summed E-state index contributed by atoms with van der Waals surface area (Å²) in [6.07, 6.45) is 0. The number of hydrogen-bond acceptors (Lipinski definition) is 5. The number of hydrogen-bond donors (Lipinski definition) is 2. The van der Waals surface area contributed by atoms with E-state index in [1.807, 2.05) is 12.1 Å². The van der Waals surface area contributed by atoms with Gasteiger partial charge in [-0.2, -0.15) is 0 Å². The Hall–Kier alpha value is -2.15. The molecule has 0 bridgehead atoms. The second-order valence-electron chi connectivity index (χ2n) is 9.91. The average molecular weight is 461 g/mol. The van der Waals surface area contributed by atoms with Crippen molar-refractivity contribution in [3.63, 3.8) is 0 Å². The van der Waals surface area contributed by atoms with Gasteiger partial charge in [-0.1, -0.05) is 0 Å². The van der Waals surface area contributed by atoms with Crippen molar-refractivity contribution in [3.8, 4) is 0 Å². The SMILES string of the molecule is Cc1cc(N2CCN(CC[N+](C)(C)C)CCN(c3ccc(N)c(C)c3)CC2)ccc1N.[Cl-]. The molecule has 6 nitrogen and oxygen atoms in total. The maximum atomic E-state index is 6.08. The molecule has 2 aromatic rings. The zero-order valence-electron chi connectivity index (χ0n) is 20.4. The van der Waals surface area contributed by atoms with Gasteiger partial charge in [0.25, 0.3) is 0 Å². The van der Waals surface area contributed by atoms with Crippen LogP contribution < -0.4 is 33.7 Å². The fraction of sp³-hybridized carbons (Fsp3) is 0.520. The number of rotatable bonds is 5. The summed E-state index contributed by atoms with van der Waals surface area (Å²) in [6.45, 7) is 12.6. The summed E-state index contributed by atoms with van der Waals surface area (Å²) in [5.41, 5.74) is 18.7. The van der Waals surface area contributed by atoms with E-state index < -0.39 is 0 Å². The molecule has 1 aliphatic heterocycles. The number of anilines is 4. The highest BCUT2D eigenvalue weighted by atomic mass is 35.5. The molecule has 4 N–H and O–H groups in total.